The lowest BCUT2D eigenvalue weighted by Crippen LogP contribution is -2.33. The second-order valence-corrected chi connectivity index (χ2v) is 7.01. The molecule has 1 fully saturated rings. The molecule has 0 bridgehead atoms. The minimum Gasteiger partial charge on any atom is -0.457 e. The van der Waals surface area contributed by atoms with Crippen molar-refractivity contribution in [2.75, 3.05) is 23.8 Å². The van der Waals surface area contributed by atoms with Crippen LogP contribution in [0.1, 0.15) is 16.9 Å². The number of aromatic nitrogens is 1. The van der Waals surface area contributed by atoms with Gasteiger partial charge in [0.15, 0.2) is 0 Å². The van der Waals surface area contributed by atoms with Crippen LogP contribution in [0.2, 0.25) is 0 Å². The highest BCUT2D eigenvalue weighted by Gasteiger charge is 2.33. The topological polar surface area (TPSA) is 83.6 Å². The predicted molar refractivity (Wildman–Crippen MR) is 115 cm³/mol. The van der Waals surface area contributed by atoms with E-state index in [1.54, 1.807) is 48.5 Å². The van der Waals surface area contributed by atoms with E-state index in [0.717, 1.165) is 0 Å². The lowest BCUT2D eigenvalue weighted by molar-refractivity contribution is -0.117. The summed E-state index contributed by atoms with van der Waals surface area (Å²) in [6, 6.07) is 16.2. The van der Waals surface area contributed by atoms with E-state index in [0.29, 0.717) is 35.8 Å². The second-order valence-electron chi connectivity index (χ2n) is 7.01. The third-order valence-electron chi connectivity index (χ3n) is 4.95. The first kappa shape index (κ1) is 20.3. The average molecular weight is 420 g/mol. The van der Waals surface area contributed by atoms with Crippen LogP contribution in [-0.4, -0.2) is 36.4 Å². The number of rotatable bonds is 6. The minimum absolute atomic E-state index is 0.180. The molecular weight excluding hydrogens is 399 g/mol. The molecule has 1 saturated heterocycles. The Morgan fingerprint density at radius 1 is 1.13 bits per heavy atom. The van der Waals surface area contributed by atoms with Crippen LogP contribution >= 0.6 is 0 Å². The van der Waals surface area contributed by atoms with E-state index in [4.69, 9.17) is 4.74 Å². The third-order valence-corrected chi connectivity index (χ3v) is 4.95. The fourth-order valence-corrected chi connectivity index (χ4v) is 3.44. The second kappa shape index (κ2) is 8.83. The molecule has 1 aliphatic rings. The number of pyridine rings is 1. The first-order chi connectivity index (χ1) is 15.0. The van der Waals surface area contributed by atoms with E-state index in [1.807, 2.05) is 6.07 Å². The van der Waals surface area contributed by atoms with Crippen LogP contribution in [0.5, 0.6) is 11.5 Å². The number of nitrogens with zero attached hydrogens (tertiary/aromatic N) is 2. The summed E-state index contributed by atoms with van der Waals surface area (Å²) in [5, 5.41) is 5.72. The summed E-state index contributed by atoms with van der Waals surface area (Å²) in [5.74, 6) is 0.102. The molecule has 4 rings (SSSR count). The first-order valence-electron chi connectivity index (χ1n) is 9.83. The Morgan fingerprint density at radius 2 is 1.94 bits per heavy atom. The maximum absolute atomic E-state index is 14.1. The predicted octanol–water partition coefficient (Wildman–Crippen LogP) is 3.59. The molecule has 1 atom stereocenters. The highest BCUT2D eigenvalue weighted by molar-refractivity contribution is 6.01. The van der Waals surface area contributed by atoms with Crippen molar-refractivity contribution in [3.05, 3.63) is 78.4 Å². The number of carbonyl (C=O) groups excluding carboxylic acids is 2. The van der Waals surface area contributed by atoms with Crippen LogP contribution in [0.25, 0.3) is 0 Å². The van der Waals surface area contributed by atoms with Crippen molar-refractivity contribution in [1.82, 2.24) is 10.3 Å². The van der Waals surface area contributed by atoms with Gasteiger partial charge in [-0.25, -0.2) is 4.39 Å². The molecule has 31 heavy (non-hydrogen) atoms. The van der Waals surface area contributed by atoms with Crippen molar-refractivity contribution >= 4 is 23.2 Å². The van der Waals surface area contributed by atoms with Crippen molar-refractivity contribution in [3.63, 3.8) is 0 Å². The molecule has 1 unspecified atom stereocenters. The zero-order valence-corrected chi connectivity index (χ0v) is 16.8. The molecule has 0 radical (unpaired) electrons. The average Bonchev–Trinajstić information content (AvgIpc) is 3.14. The number of hydrogen-bond acceptors (Lipinski definition) is 5. The lowest BCUT2D eigenvalue weighted by atomic mass is 10.2. The fraction of sp³-hybridized carbons (Fsp3) is 0.174. The number of para-hydroxylation sites is 1. The fourth-order valence-electron chi connectivity index (χ4n) is 3.44. The van der Waals surface area contributed by atoms with E-state index in [9.17, 15) is 14.0 Å². The van der Waals surface area contributed by atoms with Crippen LogP contribution in [-0.2, 0) is 4.79 Å². The number of hydrogen-bond donors (Lipinski definition) is 2. The number of carbonyl (C=O) groups is 2. The Kier molecular flexibility index (Phi) is 5.79. The molecule has 2 amide bonds. The Morgan fingerprint density at radius 3 is 2.74 bits per heavy atom. The van der Waals surface area contributed by atoms with Crippen molar-refractivity contribution < 1.29 is 18.7 Å². The highest BCUT2D eigenvalue weighted by Crippen LogP contribution is 2.28. The Bertz CT molecular complexity index is 1120. The third kappa shape index (κ3) is 4.48. The van der Waals surface area contributed by atoms with E-state index < -0.39 is 11.9 Å². The first-order valence-corrected chi connectivity index (χ1v) is 9.83. The summed E-state index contributed by atoms with van der Waals surface area (Å²) in [6.07, 6.45) is 2.05. The van der Waals surface area contributed by atoms with Gasteiger partial charge >= 0.3 is 0 Å². The molecule has 0 saturated carbocycles. The van der Waals surface area contributed by atoms with Gasteiger partial charge in [-0.15, -0.1) is 0 Å². The molecule has 2 heterocycles. The number of ether oxygens (including phenoxy) is 1. The summed E-state index contributed by atoms with van der Waals surface area (Å²) >= 11 is 0. The molecule has 1 aliphatic heterocycles. The number of benzene rings is 2. The van der Waals surface area contributed by atoms with E-state index in [-0.39, 0.29) is 17.5 Å². The van der Waals surface area contributed by atoms with Gasteiger partial charge in [-0.05, 0) is 36.8 Å². The molecule has 7 nitrogen and oxygen atoms in total. The number of amides is 2. The van der Waals surface area contributed by atoms with E-state index in [2.05, 4.69) is 15.6 Å². The van der Waals surface area contributed by atoms with Gasteiger partial charge in [-0.1, -0.05) is 18.2 Å². The largest absolute Gasteiger partial charge is 0.457 e. The van der Waals surface area contributed by atoms with Crippen LogP contribution in [0, 0.1) is 5.82 Å². The van der Waals surface area contributed by atoms with Gasteiger partial charge in [0.2, 0.25) is 5.91 Å². The van der Waals surface area contributed by atoms with Crippen LogP contribution < -0.4 is 20.3 Å². The number of halogens is 1. The molecule has 0 aliphatic carbocycles. The van der Waals surface area contributed by atoms with E-state index in [1.165, 1.54) is 24.2 Å². The quantitative estimate of drug-likeness (QED) is 0.637. The minimum atomic E-state index is -0.462. The van der Waals surface area contributed by atoms with Gasteiger partial charge in [-0.3, -0.25) is 14.6 Å². The van der Waals surface area contributed by atoms with E-state index >= 15 is 0 Å². The maximum atomic E-state index is 14.1. The van der Waals surface area contributed by atoms with Gasteiger partial charge in [0, 0.05) is 37.6 Å². The molecule has 2 aromatic carbocycles. The van der Waals surface area contributed by atoms with Gasteiger partial charge in [-0.2, -0.15) is 0 Å². The number of nitrogens with one attached hydrogen (secondary N) is 2. The normalized spacial score (nSPS) is 15.6. The summed E-state index contributed by atoms with van der Waals surface area (Å²) in [7, 11) is 1.53. The summed E-state index contributed by atoms with van der Waals surface area (Å²) in [5.41, 5.74) is 1.24. The molecule has 3 aromatic rings. The Hall–Kier alpha value is -3.94. The SMILES string of the molecule is CNC(=O)c1cc(Oc2cccc(NC3CCN(c4ccccc4F)C3=O)c2)ccn1. The van der Waals surface area contributed by atoms with Crippen molar-refractivity contribution in [3.8, 4) is 11.5 Å². The zero-order chi connectivity index (χ0) is 21.8. The molecule has 0 spiro atoms. The standard InChI is InChI=1S/C23H21FN4O3/c1-25-22(29)20-14-17(9-11-26-20)31-16-6-4-5-15(13-16)27-19-10-12-28(23(19)30)21-8-3-2-7-18(21)24/h2-9,11,13-14,19,27H,10,12H2,1H3,(H,25,29). The molecular formula is C23H21FN4O3. The summed E-state index contributed by atoms with van der Waals surface area (Å²) in [6.45, 7) is 0.437. The molecule has 2 N–H and O–H groups in total. The highest BCUT2D eigenvalue weighted by atomic mass is 19.1. The van der Waals surface area contributed by atoms with Crippen LogP contribution in [0.4, 0.5) is 15.8 Å². The Balaban J connectivity index is 1.45. The summed E-state index contributed by atoms with van der Waals surface area (Å²) < 4.78 is 19.9. The molecule has 8 heteroatoms. The molecule has 1 aromatic heterocycles. The van der Waals surface area contributed by atoms with Gasteiger partial charge in [0.1, 0.15) is 29.1 Å². The van der Waals surface area contributed by atoms with Gasteiger partial charge in [0.25, 0.3) is 5.91 Å². The zero-order valence-electron chi connectivity index (χ0n) is 16.8. The monoisotopic (exact) mass is 420 g/mol. The van der Waals surface area contributed by atoms with Crippen molar-refractivity contribution in [2.45, 2.75) is 12.5 Å². The maximum Gasteiger partial charge on any atom is 0.269 e. The molecule has 158 valence electrons. The van der Waals surface area contributed by atoms with Crippen molar-refractivity contribution in [1.29, 1.82) is 0 Å². The Labute approximate surface area is 178 Å². The lowest BCUT2D eigenvalue weighted by Gasteiger charge is -2.18. The van der Waals surface area contributed by atoms with Crippen LogP contribution in [0.3, 0.4) is 0 Å². The van der Waals surface area contributed by atoms with Gasteiger partial charge in [0.05, 0.1) is 5.69 Å². The van der Waals surface area contributed by atoms with Crippen molar-refractivity contribution in [2.24, 2.45) is 0 Å². The van der Waals surface area contributed by atoms with Gasteiger partial charge < -0.3 is 20.3 Å². The number of anilines is 2. The smallest absolute Gasteiger partial charge is 0.269 e. The summed E-state index contributed by atoms with van der Waals surface area (Å²) in [4.78, 5) is 30.0. The van der Waals surface area contributed by atoms with Crippen LogP contribution in [0.15, 0.2) is 66.9 Å².